The van der Waals surface area contributed by atoms with Gasteiger partial charge in [-0.2, -0.15) is 10.1 Å². The molecule has 0 amide bonds. The Morgan fingerprint density at radius 3 is 2.65 bits per heavy atom. The maximum absolute atomic E-state index is 12.5. The zero-order valence-electron chi connectivity index (χ0n) is 17.8. The summed E-state index contributed by atoms with van der Waals surface area (Å²) >= 11 is 0. The van der Waals surface area contributed by atoms with Gasteiger partial charge in [0, 0.05) is 7.05 Å². The van der Waals surface area contributed by atoms with Crippen molar-refractivity contribution in [2.75, 3.05) is 19.1 Å². The second-order valence-corrected chi connectivity index (χ2v) is 7.22. The standard InChI is InChI=1S/C20H26N6O5/c1-12(2)31-11-14(27)10-26-16-17(25(3)20(29)23-18(16)28)22-19(26)24-21-9-13-5-7-15(30-4)8-6-13/h5-9,12,14,27H,10-11H2,1-4H3,(H,22,24)(H,23,28,29)/b21-9-/t14-/m0/s1. The van der Waals surface area contributed by atoms with Crippen LogP contribution in [-0.4, -0.2) is 56.3 Å². The van der Waals surface area contributed by atoms with E-state index in [1.54, 1.807) is 25.5 Å². The van der Waals surface area contributed by atoms with Gasteiger partial charge in [0.05, 0.1) is 38.7 Å². The largest absolute Gasteiger partial charge is 0.497 e. The number of imidazole rings is 1. The van der Waals surface area contributed by atoms with Gasteiger partial charge in [-0.05, 0) is 43.7 Å². The number of rotatable bonds is 9. The highest BCUT2D eigenvalue weighted by Crippen LogP contribution is 2.16. The van der Waals surface area contributed by atoms with Crippen molar-refractivity contribution in [2.24, 2.45) is 12.1 Å². The molecule has 1 atom stereocenters. The van der Waals surface area contributed by atoms with Crippen molar-refractivity contribution in [2.45, 2.75) is 32.6 Å². The van der Waals surface area contributed by atoms with Crippen molar-refractivity contribution >= 4 is 23.3 Å². The third-order valence-corrected chi connectivity index (χ3v) is 4.52. The van der Waals surface area contributed by atoms with E-state index in [4.69, 9.17) is 9.47 Å². The van der Waals surface area contributed by atoms with E-state index in [2.05, 4.69) is 20.5 Å². The maximum Gasteiger partial charge on any atom is 0.329 e. The van der Waals surface area contributed by atoms with E-state index in [1.807, 2.05) is 26.0 Å². The van der Waals surface area contributed by atoms with Crippen LogP contribution >= 0.6 is 0 Å². The molecule has 0 aliphatic rings. The van der Waals surface area contributed by atoms with Crippen LogP contribution in [0.15, 0.2) is 39.0 Å². The number of hydrogen-bond acceptors (Lipinski definition) is 8. The van der Waals surface area contributed by atoms with Crippen molar-refractivity contribution < 1.29 is 14.6 Å². The summed E-state index contributed by atoms with van der Waals surface area (Å²) in [5.41, 5.74) is 2.74. The Kier molecular flexibility index (Phi) is 6.88. The van der Waals surface area contributed by atoms with Gasteiger partial charge in [0.15, 0.2) is 11.2 Å². The number of nitrogens with one attached hydrogen (secondary N) is 2. The predicted octanol–water partition coefficient (Wildman–Crippen LogP) is 0.664. The summed E-state index contributed by atoms with van der Waals surface area (Å²) in [6, 6.07) is 7.26. The lowest BCUT2D eigenvalue weighted by Gasteiger charge is -2.15. The van der Waals surface area contributed by atoms with Gasteiger partial charge in [-0.1, -0.05) is 0 Å². The third-order valence-electron chi connectivity index (χ3n) is 4.52. The molecule has 3 N–H and O–H groups in total. The fraction of sp³-hybridized carbons (Fsp3) is 0.400. The van der Waals surface area contributed by atoms with Gasteiger partial charge >= 0.3 is 5.69 Å². The van der Waals surface area contributed by atoms with Gasteiger partial charge in [-0.3, -0.25) is 14.3 Å². The summed E-state index contributed by atoms with van der Waals surface area (Å²) in [7, 11) is 3.09. The second kappa shape index (κ2) is 9.58. The van der Waals surface area contributed by atoms with Crippen LogP contribution in [0.1, 0.15) is 19.4 Å². The highest BCUT2D eigenvalue weighted by molar-refractivity contribution is 5.80. The smallest absolute Gasteiger partial charge is 0.329 e. The number of hydrazone groups is 1. The molecule has 0 aliphatic carbocycles. The zero-order chi connectivity index (χ0) is 22.5. The van der Waals surface area contributed by atoms with Gasteiger partial charge < -0.3 is 19.1 Å². The van der Waals surface area contributed by atoms with Crippen molar-refractivity contribution in [3.63, 3.8) is 0 Å². The fourth-order valence-corrected chi connectivity index (χ4v) is 2.92. The van der Waals surface area contributed by atoms with Gasteiger partial charge in [0.25, 0.3) is 5.56 Å². The van der Waals surface area contributed by atoms with Crippen LogP contribution in [0.3, 0.4) is 0 Å². The number of aliphatic hydroxyl groups is 1. The van der Waals surface area contributed by atoms with Gasteiger partial charge in [-0.15, -0.1) is 0 Å². The monoisotopic (exact) mass is 430 g/mol. The lowest BCUT2D eigenvalue weighted by Crippen LogP contribution is -2.30. The summed E-state index contributed by atoms with van der Waals surface area (Å²) in [5, 5.41) is 14.6. The number of aliphatic hydroxyl groups excluding tert-OH is 1. The van der Waals surface area contributed by atoms with Gasteiger partial charge in [-0.25, -0.2) is 10.2 Å². The first-order valence-electron chi connectivity index (χ1n) is 9.72. The van der Waals surface area contributed by atoms with E-state index in [0.717, 1.165) is 11.3 Å². The molecule has 11 nitrogen and oxygen atoms in total. The number of fused-ring (bicyclic) bond motifs is 1. The van der Waals surface area contributed by atoms with E-state index in [-0.39, 0.29) is 36.4 Å². The molecule has 31 heavy (non-hydrogen) atoms. The first-order valence-corrected chi connectivity index (χ1v) is 9.72. The van der Waals surface area contributed by atoms with Crippen LogP contribution in [0.25, 0.3) is 11.2 Å². The molecule has 0 aliphatic heterocycles. The van der Waals surface area contributed by atoms with Crippen LogP contribution in [0, 0.1) is 0 Å². The van der Waals surface area contributed by atoms with Crippen LogP contribution in [0.2, 0.25) is 0 Å². The van der Waals surface area contributed by atoms with Crippen molar-refractivity contribution in [3.8, 4) is 5.75 Å². The van der Waals surface area contributed by atoms with Crippen LogP contribution in [-0.2, 0) is 18.3 Å². The molecular formula is C20H26N6O5. The zero-order valence-corrected chi connectivity index (χ0v) is 17.8. The molecule has 2 aromatic heterocycles. The number of aromatic nitrogens is 4. The first-order chi connectivity index (χ1) is 14.8. The second-order valence-electron chi connectivity index (χ2n) is 7.22. The number of anilines is 1. The highest BCUT2D eigenvalue weighted by Gasteiger charge is 2.19. The van der Waals surface area contributed by atoms with E-state index in [9.17, 15) is 14.7 Å². The Labute approximate surface area is 178 Å². The summed E-state index contributed by atoms with van der Waals surface area (Å²) in [6.45, 7) is 3.82. The summed E-state index contributed by atoms with van der Waals surface area (Å²) in [6.07, 6.45) is 0.623. The maximum atomic E-state index is 12.5. The van der Waals surface area contributed by atoms with Crippen LogP contribution < -0.4 is 21.4 Å². The number of aromatic amines is 1. The predicted molar refractivity (Wildman–Crippen MR) is 117 cm³/mol. The minimum Gasteiger partial charge on any atom is -0.497 e. The molecule has 0 bridgehead atoms. The number of hydrogen-bond donors (Lipinski definition) is 3. The number of nitrogens with zero attached hydrogens (tertiary/aromatic N) is 4. The van der Waals surface area contributed by atoms with Crippen molar-refractivity contribution in [1.29, 1.82) is 0 Å². The molecule has 0 saturated heterocycles. The lowest BCUT2D eigenvalue weighted by atomic mass is 10.2. The first kappa shape index (κ1) is 22.2. The molecule has 11 heteroatoms. The van der Waals surface area contributed by atoms with Gasteiger partial charge in [0.2, 0.25) is 5.95 Å². The minimum atomic E-state index is -0.900. The van der Waals surface area contributed by atoms with Crippen molar-refractivity contribution in [3.05, 3.63) is 50.7 Å². The summed E-state index contributed by atoms with van der Waals surface area (Å²) in [4.78, 5) is 31.0. The number of H-pyrrole nitrogens is 1. The molecule has 0 spiro atoms. The number of methoxy groups -OCH3 is 1. The SMILES string of the molecule is COc1ccc(/C=N\Nc2nc3c(c(=O)[nH]c(=O)n3C)n2C[C@H](O)COC(C)C)cc1. The molecule has 2 heterocycles. The Bertz CT molecular complexity index is 1180. The van der Waals surface area contributed by atoms with Crippen LogP contribution in [0.4, 0.5) is 5.95 Å². The lowest BCUT2D eigenvalue weighted by molar-refractivity contribution is -0.000105. The molecule has 166 valence electrons. The molecule has 3 aromatic rings. The Morgan fingerprint density at radius 2 is 2.00 bits per heavy atom. The molecular weight excluding hydrogens is 404 g/mol. The highest BCUT2D eigenvalue weighted by atomic mass is 16.5. The summed E-state index contributed by atoms with van der Waals surface area (Å²) < 4.78 is 13.3. The number of ether oxygens (including phenoxy) is 2. The number of aryl methyl sites for hydroxylation is 1. The molecule has 0 fully saturated rings. The number of benzene rings is 1. The Balaban J connectivity index is 1.93. The van der Waals surface area contributed by atoms with Gasteiger partial charge in [0.1, 0.15) is 5.75 Å². The van der Waals surface area contributed by atoms with E-state index < -0.39 is 17.4 Å². The average Bonchev–Trinajstić information content (AvgIpc) is 3.10. The van der Waals surface area contributed by atoms with E-state index >= 15 is 0 Å². The summed E-state index contributed by atoms with van der Waals surface area (Å²) in [5.74, 6) is 0.930. The van der Waals surface area contributed by atoms with E-state index in [0.29, 0.717) is 0 Å². The molecule has 3 rings (SSSR count). The fourth-order valence-electron chi connectivity index (χ4n) is 2.92. The molecule has 0 unspecified atom stereocenters. The molecule has 1 aromatic carbocycles. The third kappa shape index (κ3) is 5.19. The topological polar surface area (TPSA) is 136 Å². The van der Waals surface area contributed by atoms with Crippen LogP contribution in [0.5, 0.6) is 5.75 Å². The normalized spacial score (nSPS) is 12.7. The quantitative estimate of drug-likeness (QED) is 0.335. The Morgan fingerprint density at radius 1 is 1.29 bits per heavy atom. The minimum absolute atomic E-state index is 0.0187. The Hall–Kier alpha value is -3.44. The molecule has 0 radical (unpaired) electrons. The van der Waals surface area contributed by atoms with Crippen molar-refractivity contribution in [1.82, 2.24) is 19.1 Å². The van der Waals surface area contributed by atoms with E-state index in [1.165, 1.54) is 16.2 Å². The average molecular weight is 430 g/mol. The molecule has 0 saturated carbocycles.